The van der Waals surface area contributed by atoms with E-state index in [-0.39, 0.29) is 18.2 Å². The van der Waals surface area contributed by atoms with Gasteiger partial charge in [-0.15, -0.1) is 0 Å². The highest BCUT2D eigenvalue weighted by atomic mass is 79.9. The maximum atomic E-state index is 12.6. The molecule has 1 heterocycles. The number of carbonyl (C=O) groups is 1. The number of amidine groups is 1. The topological polar surface area (TPSA) is 93.8 Å². The SMILES string of the molecule is CCc1ccc(N=C2NC(=O)/C(=C/c3cc(Br)ccc3OCc3ccc([N+](=O)[O-])cc3)S2)cc1. The lowest BCUT2D eigenvalue weighted by Gasteiger charge is -2.10. The predicted octanol–water partition coefficient (Wildman–Crippen LogP) is 6.39. The fourth-order valence-corrected chi connectivity index (χ4v) is 4.40. The average molecular weight is 538 g/mol. The van der Waals surface area contributed by atoms with Gasteiger partial charge in [0.25, 0.3) is 11.6 Å². The number of halogens is 1. The number of nitro groups is 1. The van der Waals surface area contributed by atoms with Crippen molar-refractivity contribution < 1.29 is 14.5 Å². The number of ether oxygens (including phenoxy) is 1. The Hall–Kier alpha value is -3.43. The van der Waals surface area contributed by atoms with Gasteiger partial charge < -0.3 is 10.1 Å². The van der Waals surface area contributed by atoms with Crippen molar-refractivity contribution in [2.45, 2.75) is 20.0 Å². The molecule has 1 aliphatic heterocycles. The van der Waals surface area contributed by atoms with E-state index in [1.807, 2.05) is 42.5 Å². The Morgan fingerprint density at radius 1 is 1.09 bits per heavy atom. The van der Waals surface area contributed by atoms with Gasteiger partial charge in [-0.1, -0.05) is 35.0 Å². The molecule has 4 rings (SSSR count). The van der Waals surface area contributed by atoms with E-state index in [2.05, 4.69) is 33.2 Å². The molecule has 172 valence electrons. The third-order valence-corrected chi connectivity index (χ3v) is 6.43. The number of rotatable bonds is 7. The molecule has 0 spiro atoms. The molecule has 1 aliphatic rings. The molecule has 1 saturated heterocycles. The van der Waals surface area contributed by atoms with Gasteiger partial charge in [-0.3, -0.25) is 14.9 Å². The molecule has 3 aromatic carbocycles. The molecule has 9 heteroatoms. The zero-order valence-electron chi connectivity index (χ0n) is 18.2. The van der Waals surface area contributed by atoms with E-state index in [0.29, 0.717) is 15.8 Å². The van der Waals surface area contributed by atoms with Gasteiger partial charge in [0.05, 0.1) is 15.5 Å². The van der Waals surface area contributed by atoms with Crippen LogP contribution in [0.15, 0.2) is 81.1 Å². The predicted molar refractivity (Wildman–Crippen MR) is 138 cm³/mol. The molecule has 0 saturated carbocycles. The fourth-order valence-electron chi connectivity index (χ4n) is 3.18. The summed E-state index contributed by atoms with van der Waals surface area (Å²) in [6.07, 6.45) is 2.72. The minimum absolute atomic E-state index is 0.0286. The summed E-state index contributed by atoms with van der Waals surface area (Å²) in [5, 5.41) is 14.2. The van der Waals surface area contributed by atoms with Crippen LogP contribution in [-0.2, 0) is 17.8 Å². The standard InChI is InChI=1S/C25H20BrN3O4S/c1-2-16-3-8-20(9-4-16)27-25-28-24(30)23(34-25)14-18-13-19(26)7-12-22(18)33-15-17-5-10-21(11-6-17)29(31)32/h3-14H,2,15H2,1H3,(H,27,28,30)/b23-14-. The molecule has 1 fully saturated rings. The van der Waals surface area contributed by atoms with Crippen molar-refractivity contribution in [3.8, 4) is 5.75 Å². The normalized spacial score (nSPS) is 15.5. The van der Waals surface area contributed by atoms with Crippen molar-refractivity contribution in [1.29, 1.82) is 0 Å². The molecule has 0 bridgehead atoms. The Balaban J connectivity index is 1.51. The number of nitrogens with one attached hydrogen (secondary N) is 1. The second-order valence-electron chi connectivity index (χ2n) is 7.40. The first-order valence-corrected chi connectivity index (χ1v) is 12.1. The first-order valence-electron chi connectivity index (χ1n) is 10.5. The van der Waals surface area contributed by atoms with Crippen LogP contribution in [0.4, 0.5) is 11.4 Å². The van der Waals surface area contributed by atoms with Crippen LogP contribution in [0.25, 0.3) is 6.08 Å². The molecule has 7 nitrogen and oxygen atoms in total. The van der Waals surface area contributed by atoms with Crippen LogP contribution < -0.4 is 10.1 Å². The number of amides is 1. The lowest BCUT2D eigenvalue weighted by atomic mass is 10.1. The lowest BCUT2D eigenvalue weighted by Crippen LogP contribution is -2.19. The molecule has 3 aromatic rings. The van der Waals surface area contributed by atoms with Gasteiger partial charge in [0.15, 0.2) is 5.17 Å². The lowest BCUT2D eigenvalue weighted by molar-refractivity contribution is -0.384. The summed E-state index contributed by atoms with van der Waals surface area (Å²) in [5.74, 6) is 0.359. The van der Waals surface area contributed by atoms with Crippen molar-refractivity contribution in [2.24, 2.45) is 4.99 Å². The van der Waals surface area contributed by atoms with Gasteiger partial charge in [-0.05, 0) is 77.9 Å². The van der Waals surface area contributed by atoms with Gasteiger partial charge in [0, 0.05) is 22.2 Å². The maximum absolute atomic E-state index is 12.6. The van der Waals surface area contributed by atoms with E-state index < -0.39 is 4.92 Å². The Kier molecular flexibility index (Phi) is 7.44. The summed E-state index contributed by atoms with van der Waals surface area (Å²) >= 11 is 4.73. The van der Waals surface area contributed by atoms with E-state index in [0.717, 1.165) is 27.7 Å². The van der Waals surface area contributed by atoms with Crippen LogP contribution in [0, 0.1) is 10.1 Å². The van der Waals surface area contributed by atoms with Crippen molar-refractivity contribution in [3.05, 3.63) is 103 Å². The summed E-state index contributed by atoms with van der Waals surface area (Å²) in [5.41, 5.74) is 3.55. The summed E-state index contributed by atoms with van der Waals surface area (Å²) in [6, 6.07) is 19.6. The zero-order valence-corrected chi connectivity index (χ0v) is 20.6. The quantitative estimate of drug-likeness (QED) is 0.214. The number of nitro benzene ring substituents is 1. The van der Waals surface area contributed by atoms with E-state index in [1.54, 1.807) is 18.2 Å². The summed E-state index contributed by atoms with van der Waals surface area (Å²) < 4.78 is 6.80. The smallest absolute Gasteiger partial charge is 0.269 e. The molecular weight excluding hydrogens is 518 g/mol. The molecule has 0 aliphatic carbocycles. The minimum Gasteiger partial charge on any atom is -0.488 e. The molecule has 0 atom stereocenters. The molecule has 34 heavy (non-hydrogen) atoms. The number of nitrogens with zero attached hydrogens (tertiary/aromatic N) is 2. The summed E-state index contributed by atoms with van der Waals surface area (Å²) in [7, 11) is 0. The van der Waals surface area contributed by atoms with Crippen molar-refractivity contribution >= 4 is 56.2 Å². The second-order valence-corrected chi connectivity index (χ2v) is 9.34. The molecule has 0 unspecified atom stereocenters. The zero-order chi connectivity index (χ0) is 24.1. The van der Waals surface area contributed by atoms with Gasteiger partial charge in [0.1, 0.15) is 12.4 Å². The molecule has 1 N–H and O–H groups in total. The molecule has 1 amide bonds. The van der Waals surface area contributed by atoms with Crippen LogP contribution in [0.1, 0.15) is 23.6 Å². The monoisotopic (exact) mass is 537 g/mol. The number of aliphatic imine (C=N–C) groups is 1. The number of hydrogen-bond acceptors (Lipinski definition) is 6. The highest BCUT2D eigenvalue weighted by Gasteiger charge is 2.24. The van der Waals surface area contributed by atoms with Crippen LogP contribution in [0.3, 0.4) is 0 Å². The first-order chi connectivity index (χ1) is 16.4. The van der Waals surface area contributed by atoms with Gasteiger partial charge in [-0.25, -0.2) is 4.99 Å². The minimum atomic E-state index is -0.439. The fraction of sp³-hybridized carbons (Fsp3) is 0.120. The van der Waals surface area contributed by atoms with E-state index in [4.69, 9.17) is 4.74 Å². The van der Waals surface area contributed by atoms with Crippen LogP contribution in [-0.4, -0.2) is 16.0 Å². The summed E-state index contributed by atoms with van der Waals surface area (Å²) in [4.78, 5) is 28.0. The van der Waals surface area contributed by atoms with E-state index in [9.17, 15) is 14.9 Å². The van der Waals surface area contributed by atoms with E-state index in [1.165, 1.54) is 29.5 Å². The molecular formula is C25H20BrN3O4S. The Bertz CT molecular complexity index is 1290. The highest BCUT2D eigenvalue weighted by molar-refractivity contribution is 9.10. The number of thioether (sulfide) groups is 1. The summed E-state index contributed by atoms with van der Waals surface area (Å²) in [6.45, 7) is 2.33. The number of non-ortho nitro benzene ring substituents is 1. The van der Waals surface area contributed by atoms with Crippen molar-refractivity contribution in [1.82, 2.24) is 5.32 Å². The highest BCUT2D eigenvalue weighted by Crippen LogP contribution is 2.32. The van der Waals surface area contributed by atoms with Gasteiger partial charge in [0.2, 0.25) is 0 Å². The molecule has 0 radical (unpaired) electrons. The van der Waals surface area contributed by atoms with Crippen LogP contribution in [0.5, 0.6) is 5.75 Å². The van der Waals surface area contributed by atoms with Crippen molar-refractivity contribution in [2.75, 3.05) is 0 Å². The Labute approximate surface area is 209 Å². The second kappa shape index (κ2) is 10.7. The average Bonchev–Trinajstić information content (AvgIpc) is 3.17. The van der Waals surface area contributed by atoms with E-state index >= 15 is 0 Å². The number of carbonyl (C=O) groups excluding carboxylic acids is 1. The Morgan fingerprint density at radius 2 is 1.79 bits per heavy atom. The number of hydrogen-bond donors (Lipinski definition) is 1. The van der Waals surface area contributed by atoms with Gasteiger partial charge >= 0.3 is 0 Å². The maximum Gasteiger partial charge on any atom is 0.269 e. The number of aryl methyl sites for hydroxylation is 1. The largest absolute Gasteiger partial charge is 0.488 e. The third kappa shape index (κ3) is 5.92. The van der Waals surface area contributed by atoms with Crippen molar-refractivity contribution in [3.63, 3.8) is 0 Å². The first kappa shape index (κ1) is 23.7. The van der Waals surface area contributed by atoms with Crippen LogP contribution in [0.2, 0.25) is 0 Å². The molecule has 0 aromatic heterocycles. The van der Waals surface area contributed by atoms with Crippen LogP contribution >= 0.6 is 27.7 Å². The number of benzene rings is 3. The van der Waals surface area contributed by atoms with Gasteiger partial charge in [-0.2, -0.15) is 0 Å². The third-order valence-electron chi connectivity index (χ3n) is 5.03. The Morgan fingerprint density at radius 3 is 2.47 bits per heavy atom.